The minimum Gasteiger partial charge on any atom is -0.339 e. The van der Waals surface area contributed by atoms with Crippen molar-refractivity contribution in [1.29, 1.82) is 0 Å². The fraction of sp³-hybridized carbons (Fsp3) is 0.700. The number of fused-ring (bicyclic) bond motifs is 1. The second kappa shape index (κ2) is 3.74. The zero-order chi connectivity index (χ0) is 9.26. The lowest BCUT2D eigenvalue weighted by Crippen LogP contribution is -2.42. The Morgan fingerprint density at radius 2 is 2.23 bits per heavy atom. The Kier molecular flexibility index (Phi) is 2.63. The minimum atomic E-state index is 0.107. The first-order valence-electron chi connectivity index (χ1n) is 4.80. The van der Waals surface area contributed by atoms with Gasteiger partial charge < -0.3 is 4.90 Å². The van der Waals surface area contributed by atoms with Crippen LogP contribution in [0, 0.1) is 11.8 Å². The summed E-state index contributed by atoms with van der Waals surface area (Å²) in [4.78, 5) is 13.3. The van der Waals surface area contributed by atoms with Gasteiger partial charge in [0.15, 0.2) is 0 Å². The summed E-state index contributed by atoms with van der Waals surface area (Å²) in [5, 5.41) is 0. The van der Waals surface area contributed by atoms with Crippen molar-refractivity contribution in [1.82, 2.24) is 4.90 Å². The van der Waals surface area contributed by atoms with Crippen molar-refractivity contribution in [3.05, 3.63) is 12.7 Å². The summed E-state index contributed by atoms with van der Waals surface area (Å²) in [7, 11) is 0. The SMILES string of the molecule is C=CC(=O)N1CCC2CSCC2C1. The number of hydrogen-bond donors (Lipinski definition) is 0. The molecule has 1 amide bonds. The third kappa shape index (κ3) is 1.75. The number of nitrogens with zero attached hydrogens (tertiary/aromatic N) is 1. The summed E-state index contributed by atoms with van der Waals surface area (Å²) in [6.45, 7) is 5.42. The molecule has 13 heavy (non-hydrogen) atoms. The highest BCUT2D eigenvalue weighted by Crippen LogP contribution is 2.35. The molecule has 2 aliphatic heterocycles. The van der Waals surface area contributed by atoms with Gasteiger partial charge >= 0.3 is 0 Å². The highest BCUT2D eigenvalue weighted by atomic mass is 32.2. The van der Waals surface area contributed by atoms with E-state index in [0.29, 0.717) is 0 Å². The molecule has 0 aliphatic carbocycles. The van der Waals surface area contributed by atoms with Crippen molar-refractivity contribution in [3.63, 3.8) is 0 Å². The van der Waals surface area contributed by atoms with Crippen molar-refractivity contribution in [2.45, 2.75) is 6.42 Å². The fourth-order valence-corrected chi connectivity index (χ4v) is 3.75. The Morgan fingerprint density at radius 1 is 1.46 bits per heavy atom. The highest BCUT2D eigenvalue weighted by Gasteiger charge is 2.34. The quantitative estimate of drug-likeness (QED) is 0.592. The third-order valence-electron chi connectivity index (χ3n) is 3.04. The molecular weight excluding hydrogens is 182 g/mol. The average molecular weight is 197 g/mol. The van der Waals surface area contributed by atoms with Gasteiger partial charge in [-0.1, -0.05) is 6.58 Å². The molecule has 2 unspecified atom stereocenters. The van der Waals surface area contributed by atoms with Crippen LogP contribution in [0.2, 0.25) is 0 Å². The van der Waals surface area contributed by atoms with Crippen LogP contribution in [0.4, 0.5) is 0 Å². The van der Waals surface area contributed by atoms with Crippen molar-refractivity contribution in [2.75, 3.05) is 24.6 Å². The van der Waals surface area contributed by atoms with Gasteiger partial charge in [-0.05, 0) is 35.8 Å². The molecular formula is C10H15NOS. The van der Waals surface area contributed by atoms with Crippen LogP contribution in [0.5, 0.6) is 0 Å². The van der Waals surface area contributed by atoms with E-state index < -0.39 is 0 Å². The molecule has 0 N–H and O–H groups in total. The van der Waals surface area contributed by atoms with Crippen molar-refractivity contribution in [2.24, 2.45) is 11.8 Å². The van der Waals surface area contributed by atoms with Crippen molar-refractivity contribution < 1.29 is 4.79 Å². The molecule has 2 atom stereocenters. The zero-order valence-corrected chi connectivity index (χ0v) is 8.55. The molecule has 3 heteroatoms. The van der Waals surface area contributed by atoms with E-state index in [0.717, 1.165) is 24.9 Å². The predicted octanol–water partition coefficient (Wildman–Crippen LogP) is 1.38. The first-order chi connectivity index (χ1) is 6.31. The summed E-state index contributed by atoms with van der Waals surface area (Å²) in [6.07, 6.45) is 2.62. The summed E-state index contributed by atoms with van der Waals surface area (Å²) < 4.78 is 0. The summed E-state index contributed by atoms with van der Waals surface area (Å²) >= 11 is 2.04. The molecule has 2 aliphatic rings. The van der Waals surface area contributed by atoms with E-state index in [1.807, 2.05) is 16.7 Å². The predicted molar refractivity (Wildman–Crippen MR) is 55.7 cm³/mol. The molecule has 72 valence electrons. The Bertz CT molecular complexity index is 229. The Morgan fingerprint density at radius 3 is 3.00 bits per heavy atom. The second-order valence-electron chi connectivity index (χ2n) is 3.83. The van der Waals surface area contributed by atoms with Crippen LogP contribution in [0.25, 0.3) is 0 Å². The topological polar surface area (TPSA) is 20.3 Å². The van der Waals surface area contributed by atoms with E-state index in [-0.39, 0.29) is 5.91 Å². The van der Waals surface area contributed by atoms with Gasteiger partial charge in [0.25, 0.3) is 0 Å². The fourth-order valence-electron chi connectivity index (χ4n) is 2.19. The van der Waals surface area contributed by atoms with Crippen LogP contribution in [0.15, 0.2) is 12.7 Å². The summed E-state index contributed by atoms with van der Waals surface area (Å²) in [5.41, 5.74) is 0. The van der Waals surface area contributed by atoms with Gasteiger partial charge in [-0.25, -0.2) is 0 Å². The van der Waals surface area contributed by atoms with E-state index in [1.165, 1.54) is 24.0 Å². The molecule has 0 aromatic heterocycles. The van der Waals surface area contributed by atoms with Gasteiger partial charge in [0.05, 0.1) is 0 Å². The van der Waals surface area contributed by atoms with Gasteiger partial charge in [0.2, 0.25) is 5.91 Å². The van der Waals surface area contributed by atoms with Gasteiger partial charge in [-0.3, -0.25) is 4.79 Å². The lowest BCUT2D eigenvalue weighted by Gasteiger charge is -2.33. The number of amides is 1. The largest absolute Gasteiger partial charge is 0.339 e. The van der Waals surface area contributed by atoms with Crippen molar-refractivity contribution in [3.8, 4) is 0 Å². The Hall–Kier alpha value is -0.440. The molecule has 2 rings (SSSR count). The van der Waals surface area contributed by atoms with E-state index in [4.69, 9.17) is 0 Å². The lowest BCUT2D eigenvalue weighted by molar-refractivity contribution is -0.128. The van der Waals surface area contributed by atoms with E-state index in [2.05, 4.69) is 6.58 Å². The molecule has 2 saturated heterocycles. The normalized spacial score (nSPS) is 32.8. The van der Waals surface area contributed by atoms with Crippen LogP contribution in [0.1, 0.15) is 6.42 Å². The van der Waals surface area contributed by atoms with Gasteiger partial charge in [-0.15, -0.1) is 0 Å². The number of thioether (sulfide) groups is 1. The smallest absolute Gasteiger partial charge is 0.245 e. The standard InChI is InChI=1S/C10H15NOS/c1-2-10(12)11-4-3-8-6-13-7-9(8)5-11/h2,8-9H,1,3-7H2. The van der Waals surface area contributed by atoms with Gasteiger partial charge in [0, 0.05) is 13.1 Å². The monoisotopic (exact) mass is 197 g/mol. The molecule has 0 aromatic carbocycles. The van der Waals surface area contributed by atoms with Crippen LogP contribution >= 0.6 is 11.8 Å². The highest BCUT2D eigenvalue weighted by molar-refractivity contribution is 7.99. The number of piperidine rings is 1. The van der Waals surface area contributed by atoms with Gasteiger partial charge in [0.1, 0.15) is 0 Å². The average Bonchev–Trinajstić information content (AvgIpc) is 2.63. The maximum Gasteiger partial charge on any atom is 0.245 e. The maximum absolute atomic E-state index is 11.4. The third-order valence-corrected chi connectivity index (χ3v) is 4.37. The maximum atomic E-state index is 11.4. The van der Waals surface area contributed by atoms with Crippen molar-refractivity contribution >= 4 is 17.7 Å². The first kappa shape index (κ1) is 9.13. The molecule has 2 fully saturated rings. The van der Waals surface area contributed by atoms with E-state index in [9.17, 15) is 4.79 Å². The van der Waals surface area contributed by atoms with Crippen LogP contribution < -0.4 is 0 Å². The summed E-state index contributed by atoms with van der Waals surface area (Å²) in [5.74, 6) is 4.28. The molecule has 0 spiro atoms. The number of carbonyl (C=O) groups is 1. The summed E-state index contributed by atoms with van der Waals surface area (Å²) in [6, 6.07) is 0. The minimum absolute atomic E-state index is 0.107. The Labute approximate surface area is 83.4 Å². The second-order valence-corrected chi connectivity index (χ2v) is 4.91. The molecule has 0 aromatic rings. The van der Waals surface area contributed by atoms with Crippen LogP contribution in [0.3, 0.4) is 0 Å². The van der Waals surface area contributed by atoms with E-state index >= 15 is 0 Å². The lowest BCUT2D eigenvalue weighted by atomic mass is 9.89. The van der Waals surface area contributed by atoms with Gasteiger partial charge in [-0.2, -0.15) is 11.8 Å². The van der Waals surface area contributed by atoms with Crippen LogP contribution in [-0.2, 0) is 4.79 Å². The zero-order valence-electron chi connectivity index (χ0n) is 7.74. The molecule has 0 saturated carbocycles. The number of rotatable bonds is 1. The molecule has 2 nitrogen and oxygen atoms in total. The van der Waals surface area contributed by atoms with Crippen LogP contribution in [-0.4, -0.2) is 35.4 Å². The first-order valence-corrected chi connectivity index (χ1v) is 5.96. The molecule has 2 heterocycles. The number of hydrogen-bond acceptors (Lipinski definition) is 2. The molecule has 0 radical (unpaired) electrons. The number of carbonyl (C=O) groups excluding carboxylic acids is 1. The molecule has 0 bridgehead atoms. The van der Waals surface area contributed by atoms with E-state index in [1.54, 1.807) is 0 Å². The number of likely N-dealkylation sites (tertiary alicyclic amines) is 1. The Balaban J connectivity index is 1.96.